The van der Waals surface area contributed by atoms with E-state index in [-0.39, 0.29) is 0 Å². The summed E-state index contributed by atoms with van der Waals surface area (Å²) in [6, 6.07) is 0. The van der Waals surface area contributed by atoms with Crippen molar-refractivity contribution in [3.8, 4) is 0 Å². The molecule has 0 N–H and O–H groups in total. The molecule has 14 heavy (non-hydrogen) atoms. The highest BCUT2D eigenvalue weighted by molar-refractivity contribution is 4.63. The van der Waals surface area contributed by atoms with Gasteiger partial charge in [-0.1, -0.05) is 47.0 Å². The largest absolute Gasteiger partial charge is 0.303 e. The van der Waals surface area contributed by atoms with Crippen molar-refractivity contribution >= 4 is 0 Å². The van der Waals surface area contributed by atoms with Gasteiger partial charge >= 0.3 is 0 Å². The zero-order valence-electron chi connectivity index (χ0n) is 10.7. The number of unbranched alkanes of at least 4 members (excludes halogenated alkanes) is 1. The predicted molar refractivity (Wildman–Crippen MR) is 65.7 cm³/mol. The van der Waals surface area contributed by atoms with Crippen molar-refractivity contribution < 1.29 is 0 Å². The lowest BCUT2D eigenvalue weighted by atomic mass is 10.00. The zero-order valence-corrected chi connectivity index (χ0v) is 10.7. The van der Waals surface area contributed by atoms with E-state index in [1.165, 1.54) is 51.7 Å². The van der Waals surface area contributed by atoms with Crippen LogP contribution in [0, 0.1) is 5.92 Å². The fourth-order valence-electron chi connectivity index (χ4n) is 1.96. The van der Waals surface area contributed by atoms with Gasteiger partial charge in [-0.05, 0) is 31.8 Å². The molecule has 1 unspecified atom stereocenters. The molecule has 1 nitrogen and oxygen atoms in total. The Bertz CT molecular complexity index is 112. The number of nitrogens with zero attached hydrogens (tertiary/aromatic N) is 1. The van der Waals surface area contributed by atoms with Gasteiger partial charge in [-0.2, -0.15) is 0 Å². The summed E-state index contributed by atoms with van der Waals surface area (Å²) in [6.45, 7) is 13.0. The molecular weight excluding hydrogens is 170 g/mol. The van der Waals surface area contributed by atoms with E-state index in [4.69, 9.17) is 0 Å². The Balaban J connectivity index is 3.75. The number of rotatable bonds is 9. The first-order valence-corrected chi connectivity index (χ1v) is 6.50. The van der Waals surface area contributed by atoms with Gasteiger partial charge < -0.3 is 4.90 Å². The van der Waals surface area contributed by atoms with E-state index < -0.39 is 0 Å². The second-order valence-electron chi connectivity index (χ2n) is 4.31. The summed E-state index contributed by atoms with van der Waals surface area (Å²) < 4.78 is 0. The van der Waals surface area contributed by atoms with Crippen LogP contribution in [0.25, 0.3) is 0 Å². The highest BCUT2D eigenvalue weighted by Gasteiger charge is 2.09. The lowest BCUT2D eigenvalue weighted by molar-refractivity contribution is 0.227. The van der Waals surface area contributed by atoms with E-state index in [2.05, 4.69) is 32.6 Å². The van der Waals surface area contributed by atoms with Crippen LogP contribution in [0.1, 0.15) is 59.8 Å². The summed E-state index contributed by atoms with van der Waals surface area (Å²) in [6.07, 6.45) is 6.76. The molecule has 0 aromatic carbocycles. The van der Waals surface area contributed by atoms with Crippen molar-refractivity contribution in [2.24, 2.45) is 5.92 Å². The Morgan fingerprint density at radius 3 is 2.14 bits per heavy atom. The maximum absolute atomic E-state index is 2.62. The normalized spacial score (nSPS) is 13.5. The number of hydrogen-bond donors (Lipinski definition) is 0. The minimum atomic E-state index is 0.928. The van der Waals surface area contributed by atoms with Gasteiger partial charge in [0.2, 0.25) is 0 Å². The van der Waals surface area contributed by atoms with Crippen molar-refractivity contribution in [2.45, 2.75) is 59.8 Å². The van der Waals surface area contributed by atoms with Crippen LogP contribution in [0.5, 0.6) is 0 Å². The second-order valence-corrected chi connectivity index (χ2v) is 4.31. The molecule has 0 aromatic heterocycles. The summed E-state index contributed by atoms with van der Waals surface area (Å²) >= 11 is 0. The molecule has 0 aromatic rings. The predicted octanol–water partition coefficient (Wildman–Crippen LogP) is 3.93. The van der Waals surface area contributed by atoms with Gasteiger partial charge in [0.25, 0.3) is 0 Å². The van der Waals surface area contributed by atoms with E-state index in [9.17, 15) is 0 Å². The molecule has 0 amide bonds. The minimum absolute atomic E-state index is 0.928. The Morgan fingerprint density at radius 2 is 1.71 bits per heavy atom. The van der Waals surface area contributed by atoms with E-state index in [0.29, 0.717) is 0 Å². The average Bonchev–Trinajstić information content (AvgIpc) is 2.22. The van der Waals surface area contributed by atoms with E-state index in [1.54, 1.807) is 0 Å². The summed E-state index contributed by atoms with van der Waals surface area (Å²) in [7, 11) is 0. The Morgan fingerprint density at radius 1 is 1.00 bits per heavy atom. The van der Waals surface area contributed by atoms with Crippen LogP contribution in [-0.2, 0) is 0 Å². The summed E-state index contributed by atoms with van der Waals surface area (Å²) in [4.78, 5) is 2.62. The molecule has 0 saturated carbocycles. The third kappa shape index (κ3) is 6.42. The SMILES string of the molecule is CCCCN(CC)CC(CC)CCC. The summed E-state index contributed by atoms with van der Waals surface area (Å²) in [5.41, 5.74) is 0. The van der Waals surface area contributed by atoms with Crippen molar-refractivity contribution in [3.05, 3.63) is 0 Å². The first kappa shape index (κ1) is 14.0. The molecule has 0 heterocycles. The molecule has 0 aliphatic carbocycles. The average molecular weight is 199 g/mol. The fraction of sp³-hybridized carbons (Fsp3) is 1.00. The molecule has 1 atom stereocenters. The van der Waals surface area contributed by atoms with Gasteiger partial charge in [0, 0.05) is 6.54 Å². The van der Waals surface area contributed by atoms with Crippen molar-refractivity contribution in [2.75, 3.05) is 19.6 Å². The number of hydrogen-bond acceptors (Lipinski definition) is 1. The highest BCUT2D eigenvalue weighted by atomic mass is 15.1. The molecule has 1 heteroatoms. The molecule has 0 aliphatic heterocycles. The van der Waals surface area contributed by atoms with Gasteiger partial charge in [0.15, 0.2) is 0 Å². The van der Waals surface area contributed by atoms with Crippen molar-refractivity contribution in [1.82, 2.24) is 4.90 Å². The smallest absolute Gasteiger partial charge is 0.000944 e. The molecule has 0 radical (unpaired) electrons. The first-order chi connectivity index (χ1) is 6.78. The van der Waals surface area contributed by atoms with Crippen molar-refractivity contribution in [3.63, 3.8) is 0 Å². The molecule has 0 bridgehead atoms. The maximum Gasteiger partial charge on any atom is 0.000944 e. The summed E-state index contributed by atoms with van der Waals surface area (Å²) in [5.74, 6) is 0.928. The lowest BCUT2D eigenvalue weighted by Gasteiger charge is -2.25. The minimum Gasteiger partial charge on any atom is -0.303 e. The summed E-state index contributed by atoms with van der Waals surface area (Å²) in [5, 5.41) is 0. The Kier molecular flexibility index (Phi) is 9.49. The molecule has 0 spiro atoms. The van der Waals surface area contributed by atoms with Crippen LogP contribution in [0.2, 0.25) is 0 Å². The van der Waals surface area contributed by atoms with E-state index >= 15 is 0 Å². The molecular formula is C13H29N. The highest BCUT2D eigenvalue weighted by Crippen LogP contribution is 2.12. The van der Waals surface area contributed by atoms with Crippen LogP contribution in [-0.4, -0.2) is 24.5 Å². The second kappa shape index (κ2) is 9.51. The zero-order chi connectivity index (χ0) is 10.8. The first-order valence-electron chi connectivity index (χ1n) is 6.50. The Labute approximate surface area is 90.9 Å². The van der Waals surface area contributed by atoms with Crippen LogP contribution in [0.15, 0.2) is 0 Å². The monoisotopic (exact) mass is 199 g/mol. The molecule has 0 rings (SSSR count). The standard InChI is InChI=1S/C13H29N/c1-5-9-11-14(8-4)12-13(7-3)10-6-2/h13H,5-12H2,1-4H3. The van der Waals surface area contributed by atoms with Gasteiger partial charge in [-0.3, -0.25) is 0 Å². The molecule has 0 aliphatic rings. The van der Waals surface area contributed by atoms with E-state index in [0.717, 1.165) is 5.92 Å². The van der Waals surface area contributed by atoms with Crippen LogP contribution < -0.4 is 0 Å². The lowest BCUT2D eigenvalue weighted by Crippen LogP contribution is -2.30. The van der Waals surface area contributed by atoms with Crippen molar-refractivity contribution in [1.29, 1.82) is 0 Å². The van der Waals surface area contributed by atoms with Gasteiger partial charge in [0.1, 0.15) is 0 Å². The third-order valence-corrected chi connectivity index (χ3v) is 3.07. The maximum atomic E-state index is 2.62. The van der Waals surface area contributed by atoms with Gasteiger partial charge in [0.05, 0.1) is 0 Å². The molecule has 0 saturated heterocycles. The van der Waals surface area contributed by atoms with Crippen LogP contribution >= 0.6 is 0 Å². The molecule has 86 valence electrons. The van der Waals surface area contributed by atoms with Crippen LogP contribution in [0.4, 0.5) is 0 Å². The molecule has 0 fully saturated rings. The quantitative estimate of drug-likeness (QED) is 0.544. The van der Waals surface area contributed by atoms with Crippen LogP contribution in [0.3, 0.4) is 0 Å². The van der Waals surface area contributed by atoms with E-state index in [1.807, 2.05) is 0 Å². The van der Waals surface area contributed by atoms with Gasteiger partial charge in [-0.15, -0.1) is 0 Å². The third-order valence-electron chi connectivity index (χ3n) is 3.07. The van der Waals surface area contributed by atoms with Gasteiger partial charge in [-0.25, -0.2) is 0 Å². The fourth-order valence-corrected chi connectivity index (χ4v) is 1.96. The Hall–Kier alpha value is -0.0400. The topological polar surface area (TPSA) is 3.24 Å².